The molecular weight excluding hydrogens is 280 g/mol. The number of nitrogens with one attached hydrogen (secondary N) is 1. The lowest BCUT2D eigenvalue weighted by molar-refractivity contribution is -0.130. The van der Waals surface area contributed by atoms with Crippen LogP contribution < -0.4 is 5.32 Å². The quantitative estimate of drug-likeness (QED) is 0.587. The summed E-state index contributed by atoms with van der Waals surface area (Å²) >= 11 is 1.92. The van der Waals surface area contributed by atoms with Gasteiger partial charge in [0.1, 0.15) is 0 Å². The van der Waals surface area contributed by atoms with Crippen molar-refractivity contribution in [2.45, 2.75) is 77.9 Å². The van der Waals surface area contributed by atoms with Gasteiger partial charge in [0.05, 0.1) is 12.2 Å². The average Bonchev–Trinajstić information content (AvgIpc) is 2.71. The molecule has 1 heterocycles. The van der Waals surface area contributed by atoms with Gasteiger partial charge in [0.25, 0.3) is 0 Å². The third-order valence-electron chi connectivity index (χ3n) is 4.12. The van der Waals surface area contributed by atoms with Gasteiger partial charge in [0.15, 0.2) is 0 Å². The van der Waals surface area contributed by atoms with E-state index in [-0.39, 0.29) is 12.2 Å². The second-order valence-corrected chi connectivity index (χ2v) is 7.58. The van der Waals surface area contributed by atoms with Crippen LogP contribution >= 0.6 is 11.8 Å². The van der Waals surface area contributed by atoms with Gasteiger partial charge in [-0.3, -0.25) is 10.1 Å². The van der Waals surface area contributed by atoms with Crippen LogP contribution in [0.2, 0.25) is 0 Å². The molecule has 2 unspecified atom stereocenters. The predicted molar refractivity (Wildman–Crippen MR) is 93.6 cm³/mol. The van der Waals surface area contributed by atoms with Gasteiger partial charge in [-0.15, -0.1) is 0 Å². The van der Waals surface area contributed by atoms with Crippen LogP contribution in [0.3, 0.4) is 0 Å². The minimum Gasteiger partial charge on any atom is -0.326 e. The monoisotopic (exact) mass is 314 g/mol. The van der Waals surface area contributed by atoms with Crippen LogP contribution in [0.25, 0.3) is 0 Å². The fourth-order valence-electron chi connectivity index (χ4n) is 3.03. The number of rotatable bonds is 11. The van der Waals surface area contributed by atoms with Crippen LogP contribution in [-0.4, -0.2) is 41.6 Å². The Kier molecular flexibility index (Phi) is 9.41. The van der Waals surface area contributed by atoms with E-state index in [0.29, 0.717) is 11.8 Å². The van der Waals surface area contributed by atoms with Gasteiger partial charge in [0.2, 0.25) is 5.91 Å². The fraction of sp³-hybridized carbons (Fsp3) is 0.941. The molecule has 1 rings (SSSR count). The standard InChI is InChI=1S/C17H34N2OS/c1-5-10-15-17(20)19(16(18-15)13-14(2)3)11-8-6-7-9-12-21-4/h14-16,18H,5-13H2,1-4H3. The lowest BCUT2D eigenvalue weighted by Crippen LogP contribution is -2.39. The summed E-state index contributed by atoms with van der Waals surface area (Å²) in [4.78, 5) is 14.6. The van der Waals surface area contributed by atoms with Gasteiger partial charge in [0, 0.05) is 6.54 Å². The largest absolute Gasteiger partial charge is 0.326 e. The van der Waals surface area contributed by atoms with Crippen molar-refractivity contribution in [3.05, 3.63) is 0 Å². The first-order valence-electron chi connectivity index (χ1n) is 8.65. The van der Waals surface area contributed by atoms with E-state index >= 15 is 0 Å². The first kappa shape index (κ1) is 18.8. The van der Waals surface area contributed by atoms with E-state index in [1.165, 1.54) is 25.0 Å². The summed E-state index contributed by atoms with van der Waals surface area (Å²) in [6.45, 7) is 7.56. The first-order chi connectivity index (χ1) is 10.1. The molecular formula is C17H34N2OS. The first-order valence-corrected chi connectivity index (χ1v) is 10.0. The van der Waals surface area contributed by atoms with E-state index in [9.17, 15) is 4.79 Å². The van der Waals surface area contributed by atoms with Crippen molar-refractivity contribution in [3.63, 3.8) is 0 Å². The highest BCUT2D eigenvalue weighted by Crippen LogP contribution is 2.21. The Morgan fingerprint density at radius 2 is 1.95 bits per heavy atom. The molecule has 1 aliphatic rings. The van der Waals surface area contributed by atoms with Crippen molar-refractivity contribution in [2.24, 2.45) is 5.92 Å². The number of thioether (sulfide) groups is 1. The number of hydrogen-bond donors (Lipinski definition) is 1. The Balaban J connectivity index is 2.40. The second-order valence-electron chi connectivity index (χ2n) is 6.59. The van der Waals surface area contributed by atoms with Crippen molar-refractivity contribution in [3.8, 4) is 0 Å². The van der Waals surface area contributed by atoms with Crippen LogP contribution in [-0.2, 0) is 4.79 Å². The smallest absolute Gasteiger partial charge is 0.241 e. The van der Waals surface area contributed by atoms with Crippen LogP contribution in [0.5, 0.6) is 0 Å². The molecule has 1 saturated heterocycles. The molecule has 0 aromatic rings. The number of carbonyl (C=O) groups is 1. The van der Waals surface area contributed by atoms with E-state index in [2.05, 4.69) is 37.2 Å². The van der Waals surface area contributed by atoms with Crippen molar-refractivity contribution in [2.75, 3.05) is 18.6 Å². The zero-order valence-electron chi connectivity index (χ0n) is 14.4. The molecule has 1 fully saturated rings. The Morgan fingerprint density at radius 1 is 1.24 bits per heavy atom. The third kappa shape index (κ3) is 6.60. The summed E-state index contributed by atoms with van der Waals surface area (Å²) < 4.78 is 0. The van der Waals surface area contributed by atoms with E-state index in [1.807, 2.05) is 11.8 Å². The van der Waals surface area contributed by atoms with Crippen molar-refractivity contribution in [1.82, 2.24) is 10.2 Å². The van der Waals surface area contributed by atoms with Crippen LogP contribution in [0.1, 0.15) is 65.7 Å². The molecule has 0 radical (unpaired) electrons. The molecule has 21 heavy (non-hydrogen) atoms. The molecule has 0 aliphatic carbocycles. The Morgan fingerprint density at radius 3 is 2.57 bits per heavy atom. The van der Waals surface area contributed by atoms with E-state index < -0.39 is 0 Å². The van der Waals surface area contributed by atoms with Crippen molar-refractivity contribution in [1.29, 1.82) is 0 Å². The van der Waals surface area contributed by atoms with Crippen molar-refractivity contribution < 1.29 is 4.79 Å². The Bertz CT molecular complexity index is 297. The Labute approximate surface area is 135 Å². The molecule has 1 aliphatic heterocycles. The number of amides is 1. The number of nitrogens with zero attached hydrogens (tertiary/aromatic N) is 1. The highest BCUT2D eigenvalue weighted by Gasteiger charge is 2.37. The minimum atomic E-state index is 0.0650. The summed E-state index contributed by atoms with van der Waals surface area (Å²) in [5.74, 6) is 2.23. The minimum absolute atomic E-state index is 0.0650. The molecule has 2 atom stereocenters. The highest BCUT2D eigenvalue weighted by molar-refractivity contribution is 7.98. The highest BCUT2D eigenvalue weighted by atomic mass is 32.2. The van der Waals surface area contributed by atoms with Crippen LogP contribution in [0.4, 0.5) is 0 Å². The van der Waals surface area contributed by atoms with E-state index in [1.54, 1.807) is 0 Å². The molecule has 0 aromatic carbocycles. The maximum Gasteiger partial charge on any atom is 0.241 e. The van der Waals surface area contributed by atoms with E-state index in [0.717, 1.165) is 32.2 Å². The summed E-state index contributed by atoms with van der Waals surface area (Å²) in [7, 11) is 0. The maximum atomic E-state index is 12.5. The van der Waals surface area contributed by atoms with Gasteiger partial charge < -0.3 is 4.90 Å². The van der Waals surface area contributed by atoms with Gasteiger partial charge in [-0.1, -0.05) is 40.0 Å². The average molecular weight is 315 g/mol. The zero-order valence-corrected chi connectivity index (χ0v) is 15.2. The normalized spacial score (nSPS) is 22.5. The predicted octanol–water partition coefficient (Wildman–Crippen LogP) is 3.88. The molecule has 1 N–H and O–H groups in total. The van der Waals surface area contributed by atoms with Gasteiger partial charge in [-0.25, -0.2) is 0 Å². The van der Waals surface area contributed by atoms with Crippen molar-refractivity contribution >= 4 is 17.7 Å². The fourth-order valence-corrected chi connectivity index (χ4v) is 3.53. The topological polar surface area (TPSA) is 32.3 Å². The van der Waals surface area contributed by atoms with Crippen LogP contribution in [0, 0.1) is 5.92 Å². The van der Waals surface area contributed by atoms with Crippen LogP contribution in [0.15, 0.2) is 0 Å². The molecule has 0 bridgehead atoms. The number of hydrogen-bond acceptors (Lipinski definition) is 3. The zero-order chi connectivity index (χ0) is 15.7. The summed E-state index contributed by atoms with van der Waals surface area (Å²) in [5, 5.41) is 3.56. The lowest BCUT2D eigenvalue weighted by atomic mass is 10.1. The molecule has 124 valence electrons. The third-order valence-corrected chi connectivity index (χ3v) is 4.82. The molecule has 0 spiro atoms. The molecule has 1 amide bonds. The Hall–Kier alpha value is -0.220. The second kappa shape index (κ2) is 10.5. The van der Waals surface area contributed by atoms with Gasteiger partial charge in [-0.05, 0) is 43.6 Å². The molecule has 3 nitrogen and oxygen atoms in total. The maximum absolute atomic E-state index is 12.5. The molecule has 4 heteroatoms. The summed E-state index contributed by atoms with van der Waals surface area (Å²) in [6.07, 6.45) is 10.5. The SMILES string of the molecule is CCCC1NC(CC(C)C)N(CCCCCCSC)C1=O. The molecule has 0 aromatic heterocycles. The number of carbonyl (C=O) groups excluding carboxylic acids is 1. The lowest BCUT2D eigenvalue weighted by Gasteiger charge is -2.25. The van der Waals surface area contributed by atoms with Gasteiger partial charge >= 0.3 is 0 Å². The van der Waals surface area contributed by atoms with Gasteiger partial charge in [-0.2, -0.15) is 11.8 Å². The summed E-state index contributed by atoms with van der Waals surface area (Å²) in [5.41, 5.74) is 0. The van der Waals surface area contributed by atoms with E-state index in [4.69, 9.17) is 0 Å². The molecule has 0 saturated carbocycles. The number of unbranched alkanes of at least 4 members (excludes halogenated alkanes) is 3. The summed E-state index contributed by atoms with van der Waals surface area (Å²) in [6, 6.07) is 0.0650.